The second kappa shape index (κ2) is 17.5. The van der Waals surface area contributed by atoms with Gasteiger partial charge in [-0.2, -0.15) is 0 Å². The number of hydrogen-bond acceptors (Lipinski definition) is 3. The van der Waals surface area contributed by atoms with E-state index in [2.05, 4.69) is 24.4 Å². The van der Waals surface area contributed by atoms with Gasteiger partial charge in [0.25, 0.3) is 0 Å². The van der Waals surface area contributed by atoms with Crippen molar-refractivity contribution < 1.29 is 14.7 Å². The van der Waals surface area contributed by atoms with Crippen LogP contribution >= 0.6 is 0 Å². The molecule has 0 saturated carbocycles. The highest BCUT2D eigenvalue weighted by Gasteiger charge is 2.10. The summed E-state index contributed by atoms with van der Waals surface area (Å²) in [6.45, 7) is 2.83. The zero-order valence-corrected chi connectivity index (χ0v) is 16.0. The SMILES string of the molecule is CCCCCCCCC=CCCCC(=O)NCCCCC(N)C(=O)O. The Morgan fingerprint density at radius 2 is 1.60 bits per heavy atom. The van der Waals surface area contributed by atoms with Gasteiger partial charge in [-0.1, -0.05) is 51.2 Å². The van der Waals surface area contributed by atoms with Crippen molar-refractivity contribution in [3.05, 3.63) is 12.2 Å². The summed E-state index contributed by atoms with van der Waals surface area (Å²) in [4.78, 5) is 22.2. The van der Waals surface area contributed by atoms with E-state index >= 15 is 0 Å². The molecule has 4 N–H and O–H groups in total. The van der Waals surface area contributed by atoms with Crippen molar-refractivity contribution in [2.24, 2.45) is 5.73 Å². The molecule has 0 aliphatic rings. The zero-order chi connectivity index (χ0) is 18.8. The second-order valence-electron chi connectivity index (χ2n) is 6.71. The molecule has 5 heteroatoms. The van der Waals surface area contributed by atoms with Crippen LogP contribution in [-0.2, 0) is 9.59 Å². The number of amides is 1. The molecule has 0 saturated heterocycles. The molecule has 0 aliphatic heterocycles. The van der Waals surface area contributed by atoms with Crippen molar-refractivity contribution in [1.29, 1.82) is 0 Å². The fourth-order valence-corrected chi connectivity index (χ4v) is 2.59. The molecule has 0 spiro atoms. The molecule has 0 heterocycles. The largest absolute Gasteiger partial charge is 0.480 e. The third-order valence-electron chi connectivity index (χ3n) is 4.25. The highest BCUT2D eigenvalue weighted by Crippen LogP contribution is 2.07. The van der Waals surface area contributed by atoms with Crippen molar-refractivity contribution >= 4 is 11.9 Å². The molecular weight excluding hydrogens is 316 g/mol. The molecule has 0 bridgehead atoms. The lowest BCUT2D eigenvalue weighted by Crippen LogP contribution is -2.30. The average Bonchev–Trinajstić information content (AvgIpc) is 2.59. The van der Waals surface area contributed by atoms with Crippen LogP contribution in [-0.4, -0.2) is 29.6 Å². The van der Waals surface area contributed by atoms with Gasteiger partial charge >= 0.3 is 5.97 Å². The normalized spacial score (nSPS) is 12.4. The Hall–Kier alpha value is -1.36. The van der Waals surface area contributed by atoms with Crippen LogP contribution in [0.3, 0.4) is 0 Å². The van der Waals surface area contributed by atoms with Gasteiger partial charge in [0.15, 0.2) is 0 Å². The summed E-state index contributed by atoms with van der Waals surface area (Å²) >= 11 is 0. The maximum Gasteiger partial charge on any atom is 0.320 e. The lowest BCUT2D eigenvalue weighted by molar-refractivity contribution is -0.138. The van der Waals surface area contributed by atoms with E-state index in [1.807, 2.05) is 0 Å². The number of allylic oxidation sites excluding steroid dienone is 2. The van der Waals surface area contributed by atoms with Gasteiger partial charge in [-0.05, 0) is 44.9 Å². The smallest absolute Gasteiger partial charge is 0.320 e. The number of rotatable bonds is 17. The number of aliphatic carboxylic acids is 1. The minimum absolute atomic E-state index is 0.0758. The Kier molecular flexibility index (Phi) is 16.5. The second-order valence-corrected chi connectivity index (χ2v) is 6.71. The predicted molar refractivity (Wildman–Crippen MR) is 103 cm³/mol. The van der Waals surface area contributed by atoms with Gasteiger partial charge in [-0.25, -0.2) is 0 Å². The molecule has 1 amide bonds. The van der Waals surface area contributed by atoms with Crippen LogP contribution in [0.4, 0.5) is 0 Å². The van der Waals surface area contributed by atoms with E-state index in [4.69, 9.17) is 10.8 Å². The van der Waals surface area contributed by atoms with Crippen LogP contribution in [0.5, 0.6) is 0 Å². The molecule has 0 aromatic heterocycles. The summed E-state index contributed by atoms with van der Waals surface area (Å²) in [7, 11) is 0. The number of carbonyl (C=O) groups excluding carboxylic acids is 1. The minimum atomic E-state index is -0.964. The van der Waals surface area contributed by atoms with Crippen LogP contribution < -0.4 is 11.1 Å². The molecule has 0 aliphatic carbocycles. The number of hydrogen-bond donors (Lipinski definition) is 3. The highest BCUT2D eigenvalue weighted by molar-refractivity contribution is 5.75. The van der Waals surface area contributed by atoms with E-state index < -0.39 is 12.0 Å². The van der Waals surface area contributed by atoms with E-state index in [1.54, 1.807) is 0 Å². The Labute approximate surface area is 153 Å². The number of unbranched alkanes of at least 4 members (excludes halogenated alkanes) is 8. The number of nitrogens with one attached hydrogen (secondary N) is 1. The fraction of sp³-hybridized carbons (Fsp3) is 0.800. The molecule has 0 aromatic rings. The van der Waals surface area contributed by atoms with Gasteiger partial charge in [-0.15, -0.1) is 0 Å². The zero-order valence-electron chi connectivity index (χ0n) is 16.0. The standard InChI is InChI=1S/C20H38N2O3/c1-2-3-4-5-6-7-8-9-10-11-12-16-19(23)22-17-14-13-15-18(21)20(24)25/h9-10,18H,2-8,11-17,21H2,1H3,(H,22,23)(H,24,25). The molecule has 0 rings (SSSR count). The Morgan fingerprint density at radius 1 is 0.960 bits per heavy atom. The summed E-state index contributed by atoms with van der Waals surface area (Å²) in [5, 5.41) is 11.5. The first-order valence-corrected chi connectivity index (χ1v) is 9.98. The predicted octanol–water partition coefficient (Wildman–Crippen LogP) is 4.16. The van der Waals surface area contributed by atoms with Crippen molar-refractivity contribution in [3.8, 4) is 0 Å². The summed E-state index contributed by atoms with van der Waals surface area (Å²) in [5.74, 6) is -0.888. The first-order chi connectivity index (χ1) is 12.1. The van der Waals surface area contributed by atoms with E-state index in [0.717, 1.165) is 32.1 Å². The van der Waals surface area contributed by atoms with Gasteiger partial charge in [0.05, 0.1) is 0 Å². The van der Waals surface area contributed by atoms with E-state index in [-0.39, 0.29) is 5.91 Å². The quantitative estimate of drug-likeness (QED) is 0.270. The topological polar surface area (TPSA) is 92.4 Å². The Bertz CT molecular complexity index is 370. The van der Waals surface area contributed by atoms with Gasteiger partial charge < -0.3 is 16.2 Å². The van der Waals surface area contributed by atoms with Crippen LogP contribution in [0.25, 0.3) is 0 Å². The number of carboxylic acid groups (broad SMARTS) is 1. The van der Waals surface area contributed by atoms with Crippen molar-refractivity contribution in [1.82, 2.24) is 5.32 Å². The van der Waals surface area contributed by atoms with Crippen molar-refractivity contribution in [2.75, 3.05) is 6.54 Å². The van der Waals surface area contributed by atoms with Crippen LogP contribution in [0.2, 0.25) is 0 Å². The molecule has 1 atom stereocenters. The first kappa shape index (κ1) is 23.6. The van der Waals surface area contributed by atoms with Crippen molar-refractivity contribution in [2.45, 2.75) is 96.4 Å². The van der Waals surface area contributed by atoms with Crippen LogP contribution in [0.1, 0.15) is 90.4 Å². The summed E-state index contributed by atoms with van der Waals surface area (Å²) in [5.41, 5.74) is 5.42. The van der Waals surface area contributed by atoms with Gasteiger partial charge in [0.2, 0.25) is 5.91 Å². The molecule has 0 aromatic carbocycles. The Morgan fingerprint density at radius 3 is 2.28 bits per heavy atom. The highest BCUT2D eigenvalue weighted by atomic mass is 16.4. The van der Waals surface area contributed by atoms with Gasteiger partial charge in [0, 0.05) is 13.0 Å². The van der Waals surface area contributed by atoms with E-state index in [1.165, 1.54) is 38.5 Å². The molecule has 0 fully saturated rings. The Balaban J connectivity index is 3.35. The molecule has 1 unspecified atom stereocenters. The molecule has 0 radical (unpaired) electrons. The first-order valence-electron chi connectivity index (χ1n) is 9.98. The van der Waals surface area contributed by atoms with Crippen LogP contribution in [0.15, 0.2) is 12.2 Å². The summed E-state index contributed by atoms with van der Waals surface area (Å²) in [6.07, 6.45) is 17.9. The minimum Gasteiger partial charge on any atom is -0.480 e. The summed E-state index contributed by atoms with van der Waals surface area (Å²) < 4.78 is 0. The van der Waals surface area contributed by atoms with E-state index in [9.17, 15) is 9.59 Å². The number of carboxylic acids is 1. The third kappa shape index (κ3) is 17.3. The lowest BCUT2D eigenvalue weighted by Gasteiger charge is -2.07. The monoisotopic (exact) mass is 354 g/mol. The van der Waals surface area contributed by atoms with E-state index in [0.29, 0.717) is 19.4 Å². The van der Waals surface area contributed by atoms with Gasteiger partial charge in [-0.3, -0.25) is 9.59 Å². The molecular formula is C20H38N2O3. The lowest BCUT2D eigenvalue weighted by atomic mass is 10.1. The maximum absolute atomic E-state index is 11.7. The average molecular weight is 355 g/mol. The third-order valence-corrected chi connectivity index (χ3v) is 4.25. The van der Waals surface area contributed by atoms with Crippen LogP contribution in [0, 0.1) is 0 Å². The fourth-order valence-electron chi connectivity index (χ4n) is 2.59. The van der Waals surface area contributed by atoms with Gasteiger partial charge in [0.1, 0.15) is 6.04 Å². The molecule has 25 heavy (non-hydrogen) atoms. The molecule has 5 nitrogen and oxygen atoms in total. The van der Waals surface area contributed by atoms with Crippen molar-refractivity contribution in [3.63, 3.8) is 0 Å². The summed E-state index contributed by atoms with van der Waals surface area (Å²) in [6, 6.07) is -0.793. The molecule has 146 valence electrons. The number of nitrogens with two attached hydrogens (primary N) is 1. The maximum atomic E-state index is 11.7. The number of carbonyl (C=O) groups is 2.